The number of imide groups is 1. The molecule has 3 aliphatic rings. The van der Waals surface area contributed by atoms with Crippen molar-refractivity contribution in [2.45, 2.75) is 49.1 Å². The Morgan fingerprint density at radius 3 is 2.53 bits per heavy atom. The molecule has 1 N–H and O–H groups in total. The third-order valence-electron chi connectivity index (χ3n) is 7.61. The number of carbonyl (C=O) groups is 3. The molecule has 12 heteroatoms. The highest BCUT2D eigenvalue weighted by molar-refractivity contribution is 7.89. The van der Waals surface area contributed by atoms with Crippen LogP contribution in [-0.2, 0) is 26.2 Å². The molecule has 1 atom stereocenters. The lowest BCUT2D eigenvalue weighted by atomic mass is 9.88. The topological polar surface area (TPSA) is 130 Å². The standard InChI is InChI=1S/C26H24FN5O5S/c27-19-13-18-16(14-32(26(18)35)21-4-5-23(33)30-25(21)34)12-17(19)15-6-10-31(11-7-15)38(36,37)22-3-1-2-20-24(22)29-9-8-28-20/h1-3,8-9,12-13,15,21H,4-7,10-11,14H2,(H,30,33,34). The second-order valence-electron chi connectivity index (χ2n) is 9.79. The second-order valence-corrected chi connectivity index (χ2v) is 11.7. The van der Waals surface area contributed by atoms with Crippen LogP contribution in [0.1, 0.15) is 53.1 Å². The number of amides is 3. The first-order chi connectivity index (χ1) is 18.2. The molecular formula is C26H24FN5O5S. The van der Waals surface area contributed by atoms with E-state index >= 15 is 4.39 Å². The number of halogens is 1. The lowest BCUT2D eigenvalue weighted by Gasteiger charge is -2.32. The van der Waals surface area contributed by atoms with Gasteiger partial charge in [0.15, 0.2) is 0 Å². The summed E-state index contributed by atoms with van der Waals surface area (Å²) in [6.45, 7) is 0.575. The smallest absolute Gasteiger partial charge is 0.255 e. The summed E-state index contributed by atoms with van der Waals surface area (Å²) in [7, 11) is -3.83. The van der Waals surface area contributed by atoms with E-state index in [9.17, 15) is 22.8 Å². The van der Waals surface area contributed by atoms with Crippen molar-refractivity contribution in [3.8, 4) is 0 Å². The highest BCUT2D eigenvalue weighted by Crippen LogP contribution is 2.37. The molecule has 0 aliphatic carbocycles. The van der Waals surface area contributed by atoms with E-state index in [0.717, 1.165) is 0 Å². The summed E-state index contributed by atoms with van der Waals surface area (Å²) >= 11 is 0. The van der Waals surface area contributed by atoms with Crippen LogP contribution in [-0.4, -0.2) is 64.4 Å². The summed E-state index contributed by atoms with van der Waals surface area (Å²) < 4.78 is 43.5. The molecule has 2 aromatic carbocycles. The van der Waals surface area contributed by atoms with Crippen LogP contribution in [0.2, 0.25) is 0 Å². The van der Waals surface area contributed by atoms with Gasteiger partial charge < -0.3 is 4.90 Å². The van der Waals surface area contributed by atoms with E-state index in [0.29, 0.717) is 35.0 Å². The average molecular weight is 538 g/mol. The van der Waals surface area contributed by atoms with Crippen LogP contribution in [0.15, 0.2) is 47.6 Å². The molecule has 38 heavy (non-hydrogen) atoms. The van der Waals surface area contributed by atoms with Gasteiger partial charge in [0, 0.05) is 44.0 Å². The molecule has 3 amide bonds. The summed E-state index contributed by atoms with van der Waals surface area (Å²) in [5.74, 6) is -2.06. The molecule has 1 aromatic heterocycles. The van der Waals surface area contributed by atoms with Crippen LogP contribution in [0, 0.1) is 5.82 Å². The van der Waals surface area contributed by atoms with Crippen LogP contribution in [0.3, 0.4) is 0 Å². The quantitative estimate of drug-likeness (QED) is 0.505. The van der Waals surface area contributed by atoms with Gasteiger partial charge in [0.1, 0.15) is 22.3 Å². The molecule has 6 rings (SSSR count). The molecule has 0 radical (unpaired) electrons. The Kier molecular flexibility index (Phi) is 5.95. The van der Waals surface area contributed by atoms with Gasteiger partial charge in [-0.05, 0) is 54.5 Å². The van der Waals surface area contributed by atoms with E-state index in [2.05, 4.69) is 15.3 Å². The molecule has 10 nitrogen and oxygen atoms in total. The third kappa shape index (κ3) is 4.04. The van der Waals surface area contributed by atoms with Crippen molar-refractivity contribution in [2.75, 3.05) is 13.1 Å². The normalized spacial score (nSPS) is 21.1. The minimum absolute atomic E-state index is 0.0947. The average Bonchev–Trinajstić information content (AvgIpc) is 3.22. The summed E-state index contributed by atoms with van der Waals surface area (Å²) in [6.07, 6.45) is 4.16. The Labute approximate surface area is 217 Å². The SMILES string of the molecule is O=C1CCC(N2Cc3cc(C4CCN(S(=O)(=O)c5cccc6nccnc56)CC4)c(F)cc3C2=O)C(=O)N1. The molecule has 0 spiro atoms. The molecule has 3 aromatic rings. The Balaban J connectivity index is 1.20. The van der Waals surface area contributed by atoms with Crippen molar-refractivity contribution in [1.82, 2.24) is 24.5 Å². The number of sulfonamides is 1. The summed E-state index contributed by atoms with van der Waals surface area (Å²) in [5.41, 5.74) is 2.08. The maximum absolute atomic E-state index is 15.2. The number of nitrogens with zero attached hydrogens (tertiary/aromatic N) is 4. The molecule has 196 valence electrons. The van der Waals surface area contributed by atoms with Crippen molar-refractivity contribution in [1.29, 1.82) is 0 Å². The maximum Gasteiger partial charge on any atom is 0.255 e. The lowest BCUT2D eigenvalue weighted by Crippen LogP contribution is -2.52. The Morgan fingerprint density at radius 2 is 1.76 bits per heavy atom. The molecule has 1 unspecified atom stereocenters. The highest BCUT2D eigenvalue weighted by atomic mass is 32.2. The third-order valence-corrected chi connectivity index (χ3v) is 9.54. The zero-order chi connectivity index (χ0) is 26.6. The van der Waals surface area contributed by atoms with Gasteiger partial charge in [-0.2, -0.15) is 4.31 Å². The van der Waals surface area contributed by atoms with Crippen LogP contribution in [0.25, 0.3) is 11.0 Å². The summed E-state index contributed by atoms with van der Waals surface area (Å²) in [4.78, 5) is 46.6. The van der Waals surface area contributed by atoms with Gasteiger partial charge in [0.2, 0.25) is 21.8 Å². The fourth-order valence-electron chi connectivity index (χ4n) is 5.64. The number of rotatable bonds is 4. The fraction of sp³-hybridized carbons (Fsp3) is 0.346. The monoisotopic (exact) mass is 537 g/mol. The molecule has 3 aliphatic heterocycles. The van der Waals surface area contributed by atoms with E-state index in [-0.39, 0.29) is 54.8 Å². The van der Waals surface area contributed by atoms with Gasteiger partial charge >= 0.3 is 0 Å². The predicted octanol–water partition coefficient (Wildman–Crippen LogP) is 2.10. The molecule has 4 heterocycles. The number of piperidine rings is 2. The number of carbonyl (C=O) groups excluding carboxylic acids is 3. The van der Waals surface area contributed by atoms with Gasteiger partial charge in [0.25, 0.3) is 5.91 Å². The first-order valence-electron chi connectivity index (χ1n) is 12.4. The zero-order valence-corrected chi connectivity index (χ0v) is 21.1. The first kappa shape index (κ1) is 24.6. The van der Waals surface area contributed by atoms with Gasteiger partial charge in [0.05, 0.1) is 5.52 Å². The van der Waals surface area contributed by atoms with Crippen molar-refractivity contribution in [2.24, 2.45) is 0 Å². The zero-order valence-electron chi connectivity index (χ0n) is 20.3. The maximum atomic E-state index is 15.2. The number of hydrogen-bond donors (Lipinski definition) is 1. The van der Waals surface area contributed by atoms with Crippen LogP contribution < -0.4 is 5.32 Å². The number of benzene rings is 2. The fourth-order valence-corrected chi connectivity index (χ4v) is 7.26. The highest BCUT2D eigenvalue weighted by Gasteiger charge is 2.40. The lowest BCUT2D eigenvalue weighted by molar-refractivity contribution is -0.136. The molecule has 0 saturated carbocycles. The summed E-state index contributed by atoms with van der Waals surface area (Å²) in [5, 5.41) is 2.26. The largest absolute Gasteiger partial charge is 0.322 e. The van der Waals surface area contributed by atoms with E-state index in [1.54, 1.807) is 18.2 Å². The minimum atomic E-state index is -3.83. The van der Waals surface area contributed by atoms with Crippen LogP contribution in [0.5, 0.6) is 0 Å². The summed E-state index contributed by atoms with van der Waals surface area (Å²) in [6, 6.07) is 6.97. The van der Waals surface area contributed by atoms with Crippen LogP contribution in [0.4, 0.5) is 4.39 Å². The van der Waals surface area contributed by atoms with Gasteiger partial charge in [-0.25, -0.2) is 12.8 Å². The predicted molar refractivity (Wildman–Crippen MR) is 133 cm³/mol. The second kappa shape index (κ2) is 9.21. The molecular weight excluding hydrogens is 513 g/mol. The Bertz CT molecular complexity index is 1600. The van der Waals surface area contributed by atoms with E-state index in [1.807, 2.05) is 0 Å². The first-order valence-corrected chi connectivity index (χ1v) is 13.8. The van der Waals surface area contributed by atoms with Crippen molar-refractivity contribution in [3.63, 3.8) is 0 Å². The Morgan fingerprint density at radius 1 is 1.00 bits per heavy atom. The number of hydrogen-bond acceptors (Lipinski definition) is 7. The van der Waals surface area contributed by atoms with Gasteiger partial charge in [-0.15, -0.1) is 0 Å². The van der Waals surface area contributed by atoms with Crippen LogP contribution >= 0.6 is 0 Å². The van der Waals surface area contributed by atoms with Crippen molar-refractivity contribution < 1.29 is 27.2 Å². The van der Waals surface area contributed by atoms with Crippen molar-refractivity contribution >= 4 is 38.8 Å². The number of fused-ring (bicyclic) bond motifs is 2. The van der Waals surface area contributed by atoms with Crippen molar-refractivity contribution in [3.05, 3.63) is 65.2 Å². The molecule has 2 saturated heterocycles. The minimum Gasteiger partial charge on any atom is -0.322 e. The van der Waals surface area contributed by atoms with E-state index in [4.69, 9.17) is 0 Å². The molecule has 0 bridgehead atoms. The molecule has 2 fully saturated rings. The van der Waals surface area contributed by atoms with Gasteiger partial charge in [-0.3, -0.25) is 29.7 Å². The van der Waals surface area contributed by atoms with E-state index < -0.39 is 33.7 Å². The number of aromatic nitrogens is 2. The van der Waals surface area contributed by atoms with E-state index in [1.165, 1.54) is 33.7 Å². The van der Waals surface area contributed by atoms with Gasteiger partial charge in [-0.1, -0.05) is 12.1 Å². The number of para-hydroxylation sites is 1. The number of nitrogens with one attached hydrogen (secondary N) is 1. The Hall–Kier alpha value is -3.77.